The van der Waals surface area contributed by atoms with Crippen LogP contribution >= 0.6 is 0 Å². The van der Waals surface area contributed by atoms with Crippen molar-refractivity contribution in [2.75, 3.05) is 0 Å². The second kappa shape index (κ2) is 6.38. The van der Waals surface area contributed by atoms with Crippen molar-refractivity contribution in [3.05, 3.63) is 36.0 Å². The predicted molar refractivity (Wildman–Crippen MR) is 82.7 cm³/mol. The lowest BCUT2D eigenvalue weighted by molar-refractivity contribution is 0.0772. The zero-order valence-electron chi connectivity index (χ0n) is 12.9. The molecule has 0 N–H and O–H groups in total. The number of para-hydroxylation sites is 1. The summed E-state index contributed by atoms with van der Waals surface area (Å²) in [6.45, 7) is 9.69. The highest BCUT2D eigenvalue weighted by Crippen LogP contribution is 2.25. The number of carbonyl (C=O) groups is 1. The Bertz CT molecular complexity index is 639. The second-order valence-corrected chi connectivity index (χ2v) is 5.43. The van der Waals surface area contributed by atoms with Gasteiger partial charge in [-0.3, -0.25) is 9.36 Å². The van der Waals surface area contributed by atoms with E-state index in [1.54, 1.807) is 10.8 Å². The van der Waals surface area contributed by atoms with Crippen LogP contribution in [-0.4, -0.2) is 10.5 Å². The summed E-state index contributed by atoms with van der Waals surface area (Å²) in [5, 5.41) is 9.83. The summed E-state index contributed by atoms with van der Waals surface area (Å²) in [7, 11) is 0. The fourth-order valence-corrected chi connectivity index (χ4v) is 2.01. The molecule has 0 aliphatic carbocycles. The minimum Gasteiger partial charge on any atom is -0.286 e. The van der Waals surface area contributed by atoms with Gasteiger partial charge in [-0.25, -0.2) is 0 Å². The summed E-state index contributed by atoms with van der Waals surface area (Å²) in [5.74, 6) is 0.0443. The van der Waals surface area contributed by atoms with E-state index >= 15 is 0 Å². The molecule has 3 heteroatoms. The number of carbonyl (C=O) groups excluding carboxylic acids is 1. The molecule has 0 saturated heterocycles. The van der Waals surface area contributed by atoms with Crippen LogP contribution in [0.1, 0.15) is 45.0 Å². The van der Waals surface area contributed by atoms with E-state index in [0.29, 0.717) is 6.42 Å². The molecule has 0 bridgehead atoms. The maximum atomic E-state index is 12.4. The SMILES string of the molecule is CC.CC(C)(C)C(=O)n1cc(CC#N)c2ccccc21. The molecule has 0 atom stereocenters. The number of hydrogen-bond donors (Lipinski definition) is 0. The minimum atomic E-state index is -0.439. The van der Waals surface area contributed by atoms with Gasteiger partial charge in [-0.2, -0.15) is 5.26 Å². The molecule has 0 unspecified atom stereocenters. The van der Waals surface area contributed by atoms with Crippen LogP contribution in [0.3, 0.4) is 0 Å². The van der Waals surface area contributed by atoms with Crippen LogP contribution in [0.2, 0.25) is 0 Å². The molecule has 2 aromatic rings. The molecule has 0 fully saturated rings. The molecule has 20 heavy (non-hydrogen) atoms. The van der Waals surface area contributed by atoms with E-state index in [9.17, 15) is 4.79 Å². The summed E-state index contributed by atoms with van der Waals surface area (Å²) in [5.41, 5.74) is 1.35. The monoisotopic (exact) mass is 270 g/mol. The average molecular weight is 270 g/mol. The van der Waals surface area contributed by atoms with Gasteiger partial charge in [0, 0.05) is 17.0 Å². The number of rotatable bonds is 1. The molecule has 2 rings (SSSR count). The molecule has 0 saturated carbocycles. The molecular weight excluding hydrogens is 248 g/mol. The molecule has 0 aliphatic heterocycles. The summed E-state index contributed by atoms with van der Waals surface area (Å²) in [6.07, 6.45) is 2.12. The number of hydrogen-bond acceptors (Lipinski definition) is 2. The average Bonchev–Trinajstić information content (AvgIpc) is 2.79. The van der Waals surface area contributed by atoms with Gasteiger partial charge in [-0.15, -0.1) is 0 Å². The normalized spacial score (nSPS) is 10.6. The third-order valence-corrected chi connectivity index (χ3v) is 2.92. The first-order valence-electron chi connectivity index (χ1n) is 6.96. The van der Waals surface area contributed by atoms with Crippen LogP contribution in [0.4, 0.5) is 0 Å². The summed E-state index contributed by atoms with van der Waals surface area (Å²) in [4.78, 5) is 12.4. The van der Waals surface area contributed by atoms with Crippen LogP contribution in [0.15, 0.2) is 30.5 Å². The van der Waals surface area contributed by atoms with E-state index in [1.807, 2.05) is 58.9 Å². The van der Waals surface area contributed by atoms with Crippen molar-refractivity contribution in [3.8, 4) is 6.07 Å². The lowest BCUT2D eigenvalue weighted by Gasteiger charge is -2.17. The van der Waals surface area contributed by atoms with Crippen molar-refractivity contribution in [2.24, 2.45) is 5.41 Å². The highest BCUT2D eigenvalue weighted by molar-refractivity contribution is 5.96. The van der Waals surface area contributed by atoms with Gasteiger partial charge in [0.05, 0.1) is 18.0 Å². The fraction of sp³-hybridized carbons (Fsp3) is 0.412. The Labute approximate surface area is 120 Å². The maximum absolute atomic E-state index is 12.4. The summed E-state index contributed by atoms with van der Waals surface area (Å²) < 4.78 is 1.67. The highest BCUT2D eigenvalue weighted by atomic mass is 16.2. The van der Waals surface area contributed by atoms with E-state index in [1.165, 1.54) is 0 Å². The Balaban J connectivity index is 0.000000956. The molecule has 0 amide bonds. The van der Waals surface area contributed by atoms with Crippen molar-refractivity contribution >= 4 is 16.8 Å². The standard InChI is InChI=1S/C15H16N2O.C2H6/c1-15(2,3)14(18)17-10-11(8-9-16)12-6-4-5-7-13(12)17;1-2/h4-7,10H,8H2,1-3H3;1-2H3. The molecule has 0 aliphatic rings. The number of benzene rings is 1. The van der Waals surface area contributed by atoms with Gasteiger partial charge in [-0.1, -0.05) is 52.8 Å². The molecule has 0 radical (unpaired) electrons. The van der Waals surface area contributed by atoms with E-state index in [-0.39, 0.29) is 5.91 Å². The van der Waals surface area contributed by atoms with Crippen molar-refractivity contribution in [1.82, 2.24) is 4.57 Å². The fourth-order valence-electron chi connectivity index (χ4n) is 2.01. The van der Waals surface area contributed by atoms with Crippen molar-refractivity contribution in [1.29, 1.82) is 5.26 Å². The van der Waals surface area contributed by atoms with Gasteiger partial charge in [0.1, 0.15) is 0 Å². The van der Waals surface area contributed by atoms with Crippen molar-refractivity contribution in [2.45, 2.75) is 41.0 Å². The lowest BCUT2D eigenvalue weighted by Crippen LogP contribution is -2.26. The van der Waals surface area contributed by atoms with Crippen molar-refractivity contribution in [3.63, 3.8) is 0 Å². The topological polar surface area (TPSA) is 45.8 Å². The Morgan fingerprint density at radius 2 is 1.85 bits per heavy atom. The maximum Gasteiger partial charge on any atom is 0.236 e. The molecule has 0 spiro atoms. The first-order chi connectivity index (χ1) is 9.45. The zero-order valence-corrected chi connectivity index (χ0v) is 12.9. The Morgan fingerprint density at radius 1 is 1.25 bits per heavy atom. The third kappa shape index (κ3) is 3.08. The first-order valence-corrected chi connectivity index (χ1v) is 6.96. The molecular formula is C17H22N2O. The molecule has 1 aromatic carbocycles. The van der Waals surface area contributed by atoms with Crippen LogP contribution in [0, 0.1) is 16.7 Å². The number of fused-ring (bicyclic) bond motifs is 1. The number of nitriles is 1. The minimum absolute atomic E-state index is 0.0443. The van der Waals surface area contributed by atoms with Gasteiger partial charge < -0.3 is 0 Å². The van der Waals surface area contributed by atoms with E-state index in [0.717, 1.165) is 16.5 Å². The van der Waals surface area contributed by atoms with E-state index in [2.05, 4.69) is 6.07 Å². The zero-order chi connectivity index (χ0) is 15.3. The molecule has 1 aromatic heterocycles. The molecule has 106 valence electrons. The van der Waals surface area contributed by atoms with E-state index < -0.39 is 5.41 Å². The van der Waals surface area contributed by atoms with Crippen LogP contribution in [0.25, 0.3) is 10.9 Å². The summed E-state index contributed by atoms with van der Waals surface area (Å²) in [6, 6.07) is 9.85. The molecule has 1 heterocycles. The van der Waals surface area contributed by atoms with Gasteiger partial charge in [0.15, 0.2) is 0 Å². The Hall–Kier alpha value is -2.08. The smallest absolute Gasteiger partial charge is 0.236 e. The van der Waals surface area contributed by atoms with Crippen LogP contribution < -0.4 is 0 Å². The highest BCUT2D eigenvalue weighted by Gasteiger charge is 2.25. The van der Waals surface area contributed by atoms with Crippen LogP contribution in [0.5, 0.6) is 0 Å². The van der Waals surface area contributed by atoms with Gasteiger partial charge >= 0.3 is 0 Å². The van der Waals surface area contributed by atoms with Gasteiger partial charge in [0.2, 0.25) is 5.91 Å². The Kier molecular flexibility index (Phi) is 5.10. The first kappa shape index (κ1) is 16.0. The lowest BCUT2D eigenvalue weighted by atomic mass is 9.95. The second-order valence-electron chi connectivity index (χ2n) is 5.43. The third-order valence-electron chi connectivity index (χ3n) is 2.92. The van der Waals surface area contributed by atoms with Crippen LogP contribution in [-0.2, 0) is 6.42 Å². The van der Waals surface area contributed by atoms with E-state index in [4.69, 9.17) is 5.26 Å². The number of nitrogens with zero attached hydrogens (tertiary/aromatic N) is 2. The Morgan fingerprint density at radius 3 is 2.40 bits per heavy atom. The molecule has 3 nitrogen and oxygen atoms in total. The number of aromatic nitrogens is 1. The summed E-state index contributed by atoms with van der Waals surface area (Å²) >= 11 is 0. The van der Waals surface area contributed by atoms with Crippen molar-refractivity contribution < 1.29 is 4.79 Å². The largest absolute Gasteiger partial charge is 0.286 e. The van der Waals surface area contributed by atoms with Gasteiger partial charge in [0.25, 0.3) is 0 Å². The van der Waals surface area contributed by atoms with Gasteiger partial charge in [-0.05, 0) is 11.6 Å². The predicted octanol–water partition coefficient (Wildman–Crippen LogP) is 4.42. The quantitative estimate of drug-likeness (QED) is 0.770.